The zero-order valence-electron chi connectivity index (χ0n) is 20.1. The van der Waals surface area contributed by atoms with Crippen molar-refractivity contribution in [3.05, 3.63) is 57.0 Å². The first kappa shape index (κ1) is 23.2. The molecular formula is C25H30N6OS2. The molecule has 4 aromatic rings. The SMILES string of the molecule is CCc1nn2c(=O)cc(CSc3nnc(-c4ccc(C(C)(C)C)cc4)n3C3CCCC3)nc2s1. The van der Waals surface area contributed by atoms with Crippen molar-refractivity contribution in [2.24, 2.45) is 0 Å². The average Bonchev–Trinajstić information content (AvgIpc) is 3.56. The van der Waals surface area contributed by atoms with Crippen LogP contribution in [0.4, 0.5) is 0 Å². The quantitative estimate of drug-likeness (QED) is 0.321. The van der Waals surface area contributed by atoms with Gasteiger partial charge in [-0.2, -0.15) is 9.61 Å². The zero-order chi connectivity index (χ0) is 23.9. The number of rotatable bonds is 6. The third-order valence-corrected chi connectivity index (χ3v) is 8.38. The second kappa shape index (κ2) is 9.26. The lowest BCUT2D eigenvalue weighted by Gasteiger charge is -2.20. The number of fused-ring (bicyclic) bond motifs is 1. The summed E-state index contributed by atoms with van der Waals surface area (Å²) in [6.07, 6.45) is 5.54. The molecule has 0 N–H and O–H groups in total. The number of benzene rings is 1. The molecule has 0 unspecified atom stereocenters. The van der Waals surface area contributed by atoms with Crippen LogP contribution in [0.3, 0.4) is 0 Å². The minimum atomic E-state index is -0.131. The lowest BCUT2D eigenvalue weighted by atomic mass is 9.86. The van der Waals surface area contributed by atoms with E-state index in [0.717, 1.165) is 46.5 Å². The van der Waals surface area contributed by atoms with E-state index in [1.165, 1.54) is 34.3 Å². The van der Waals surface area contributed by atoms with E-state index in [2.05, 4.69) is 69.9 Å². The Morgan fingerprint density at radius 1 is 1.12 bits per heavy atom. The molecule has 0 atom stereocenters. The molecule has 0 bridgehead atoms. The van der Waals surface area contributed by atoms with Crippen molar-refractivity contribution in [2.75, 3.05) is 0 Å². The Morgan fingerprint density at radius 2 is 1.85 bits per heavy atom. The van der Waals surface area contributed by atoms with Gasteiger partial charge in [0.05, 0.1) is 5.69 Å². The lowest BCUT2D eigenvalue weighted by molar-refractivity contribution is 0.485. The molecule has 1 fully saturated rings. The number of hydrogen-bond acceptors (Lipinski definition) is 7. The molecule has 1 aromatic carbocycles. The van der Waals surface area contributed by atoms with Crippen molar-refractivity contribution >= 4 is 28.1 Å². The van der Waals surface area contributed by atoms with Gasteiger partial charge in [0.25, 0.3) is 5.56 Å². The highest BCUT2D eigenvalue weighted by Crippen LogP contribution is 2.37. The highest BCUT2D eigenvalue weighted by molar-refractivity contribution is 7.98. The Morgan fingerprint density at radius 3 is 2.53 bits per heavy atom. The lowest BCUT2D eigenvalue weighted by Crippen LogP contribution is -2.15. The summed E-state index contributed by atoms with van der Waals surface area (Å²) < 4.78 is 3.72. The van der Waals surface area contributed by atoms with E-state index in [0.29, 0.717) is 16.8 Å². The van der Waals surface area contributed by atoms with E-state index in [1.807, 2.05) is 6.92 Å². The average molecular weight is 495 g/mol. The molecule has 9 heteroatoms. The molecule has 0 saturated heterocycles. The molecule has 0 radical (unpaired) electrons. The summed E-state index contributed by atoms with van der Waals surface area (Å²) >= 11 is 3.08. The molecule has 3 heterocycles. The van der Waals surface area contributed by atoms with Crippen LogP contribution < -0.4 is 5.56 Å². The molecule has 3 aromatic heterocycles. The summed E-state index contributed by atoms with van der Waals surface area (Å²) in [6.45, 7) is 8.71. The highest BCUT2D eigenvalue weighted by atomic mass is 32.2. The van der Waals surface area contributed by atoms with Crippen molar-refractivity contribution < 1.29 is 0 Å². The van der Waals surface area contributed by atoms with Gasteiger partial charge >= 0.3 is 0 Å². The van der Waals surface area contributed by atoms with Crippen LogP contribution in [0.2, 0.25) is 0 Å². The largest absolute Gasteiger partial charge is 0.299 e. The van der Waals surface area contributed by atoms with Crippen LogP contribution >= 0.6 is 23.1 Å². The molecule has 0 aliphatic heterocycles. The smallest absolute Gasteiger partial charge is 0.275 e. The fourth-order valence-corrected chi connectivity index (χ4v) is 6.19. The van der Waals surface area contributed by atoms with Gasteiger partial charge in [-0.1, -0.05) is 87.9 Å². The molecule has 34 heavy (non-hydrogen) atoms. The summed E-state index contributed by atoms with van der Waals surface area (Å²) in [7, 11) is 0. The first-order chi connectivity index (χ1) is 16.3. The Bertz CT molecular complexity index is 1360. The standard InChI is InChI=1S/C25H30N6OS2/c1-5-20-29-31-21(32)14-18(26-23(31)34-20)15-33-24-28-27-22(30(24)19-8-6-7-9-19)16-10-12-17(13-11-16)25(2,3)4/h10-14,19H,5-9,15H2,1-4H3. The Balaban J connectivity index is 1.45. The van der Waals surface area contributed by atoms with E-state index in [1.54, 1.807) is 17.8 Å². The monoisotopic (exact) mass is 494 g/mol. The maximum atomic E-state index is 12.5. The molecule has 1 aliphatic rings. The number of aromatic nitrogens is 6. The Labute approximate surface area is 207 Å². The summed E-state index contributed by atoms with van der Waals surface area (Å²) in [5, 5.41) is 15.3. The third-order valence-electron chi connectivity index (χ3n) is 6.36. The molecule has 0 spiro atoms. The molecule has 0 amide bonds. The highest BCUT2D eigenvalue weighted by Gasteiger charge is 2.25. The molecule has 178 valence electrons. The second-order valence-electron chi connectivity index (χ2n) is 9.86. The van der Waals surface area contributed by atoms with Gasteiger partial charge in [0, 0.05) is 23.4 Å². The first-order valence-electron chi connectivity index (χ1n) is 11.9. The van der Waals surface area contributed by atoms with E-state index in [-0.39, 0.29) is 11.0 Å². The first-order valence-corrected chi connectivity index (χ1v) is 13.7. The van der Waals surface area contributed by atoms with Crippen molar-refractivity contribution in [1.29, 1.82) is 0 Å². The van der Waals surface area contributed by atoms with Crippen LogP contribution in [0.1, 0.15) is 75.7 Å². The number of hydrogen-bond donors (Lipinski definition) is 0. The maximum Gasteiger partial charge on any atom is 0.275 e. The van der Waals surface area contributed by atoms with E-state index < -0.39 is 0 Å². The van der Waals surface area contributed by atoms with Gasteiger partial charge in [-0.3, -0.25) is 9.36 Å². The second-order valence-corrected chi connectivity index (χ2v) is 11.8. The molecule has 1 saturated carbocycles. The van der Waals surface area contributed by atoms with Crippen LogP contribution in [0, 0.1) is 0 Å². The summed E-state index contributed by atoms with van der Waals surface area (Å²) in [4.78, 5) is 17.9. The van der Waals surface area contributed by atoms with Gasteiger partial charge in [-0.15, -0.1) is 10.2 Å². The van der Waals surface area contributed by atoms with Crippen molar-refractivity contribution in [3.63, 3.8) is 0 Å². The topological polar surface area (TPSA) is 78.0 Å². The molecule has 1 aliphatic carbocycles. The van der Waals surface area contributed by atoms with Crippen LogP contribution in [0.15, 0.2) is 40.3 Å². The fourth-order valence-electron chi connectivity index (χ4n) is 4.43. The van der Waals surface area contributed by atoms with Crippen LogP contribution in [-0.4, -0.2) is 29.4 Å². The van der Waals surface area contributed by atoms with Gasteiger partial charge < -0.3 is 0 Å². The zero-order valence-corrected chi connectivity index (χ0v) is 21.7. The normalized spacial score (nSPS) is 14.9. The summed E-state index contributed by atoms with van der Waals surface area (Å²) in [6, 6.07) is 10.7. The van der Waals surface area contributed by atoms with Gasteiger partial charge in [-0.05, 0) is 30.2 Å². The number of aryl methyl sites for hydroxylation is 1. The Kier molecular flexibility index (Phi) is 6.33. The van der Waals surface area contributed by atoms with Crippen molar-refractivity contribution in [3.8, 4) is 11.4 Å². The summed E-state index contributed by atoms with van der Waals surface area (Å²) in [5.41, 5.74) is 3.13. The van der Waals surface area contributed by atoms with E-state index in [4.69, 9.17) is 0 Å². The van der Waals surface area contributed by atoms with Gasteiger partial charge in [0.15, 0.2) is 11.0 Å². The minimum Gasteiger partial charge on any atom is -0.299 e. The minimum absolute atomic E-state index is 0.113. The van der Waals surface area contributed by atoms with Crippen LogP contribution in [0.25, 0.3) is 16.3 Å². The van der Waals surface area contributed by atoms with Gasteiger partial charge in [-0.25, -0.2) is 4.98 Å². The number of thioether (sulfide) groups is 1. The maximum absolute atomic E-state index is 12.5. The predicted octanol–water partition coefficient (Wildman–Crippen LogP) is 5.68. The predicted molar refractivity (Wildman–Crippen MR) is 138 cm³/mol. The van der Waals surface area contributed by atoms with Crippen molar-refractivity contribution in [1.82, 2.24) is 29.4 Å². The summed E-state index contributed by atoms with van der Waals surface area (Å²) in [5.74, 6) is 1.49. The molecule has 7 nitrogen and oxygen atoms in total. The van der Waals surface area contributed by atoms with Crippen LogP contribution in [0.5, 0.6) is 0 Å². The van der Waals surface area contributed by atoms with Crippen molar-refractivity contribution in [2.45, 2.75) is 82.2 Å². The van der Waals surface area contributed by atoms with E-state index >= 15 is 0 Å². The third kappa shape index (κ3) is 4.55. The Hall–Kier alpha value is -2.52. The van der Waals surface area contributed by atoms with Gasteiger partial charge in [0.1, 0.15) is 5.01 Å². The number of nitrogens with zero attached hydrogens (tertiary/aromatic N) is 6. The van der Waals surface area contributed by atoms with Crippen LogP contribution in [-0.2, 0) is 17.6 Å². The fraction of sp³-hybridized carbons (Fsp3) is 0.480. The molecule has 5 rings (SSSR count). The molecular weight excluding hydrogens is 464 g/mol. The van der Waals surface area contributed by atoms with Gasteiger partial charge in [0.2, 0.25) is 4.96 Å². The van der Waals surface area contributed by atoms with E-state index in [9.17, 15) is 4.79 Å².